The molecule has 3 nitrogen and oxygen atoms in total. The summed E-state index contributed by atoms with van der Waals surface area (Å²) in [5.74, 6) is 0. The largest absolute Gasteiger partial charge is 0.297 e. The molecule has 1 rings (SSSR count). The molecule has 0 aliphatic heterocycles. The lowest BCUT2D eigenvalue weighted by atomic mass is 10.2. The summed E-state index contributed by atoms with van der Waals surface area (Å²) in [4.78, 5) is 8.50. The van der Waals surface area contributed by atoms with Crippen LogP contribution in [0, 0.1) is 0 Å². The van der Waals surface area contributed by atoms with Gasteiger partial charge in [-0.1, -0.05) is 41.5 Å². The lowest BCUT2D eigenvalue weighted by Gasteiger charge is -2.43. The van der Waals surface area contributed by atoms with Crippen molar-refractivity contribution in [3.63, 3.8) is 0 Å². The van der Waals surface area contributed by atoms with E-state index in [9.17, 15) is 0 Å². The van der Waals surface area contributed by atoms with Crippen molar-refractivity contribution in [3.05, 3.63) is 0 Å². The Morgan fingerprint density at radius 2 is 0.917 bits per heavy atom. The van der Waals surface area contributed by atoms with Crippen molar-refractivity contribution in [2.75, 3.05) is 39.3 Å². The van der Waals surface area contributed by atoms with Crippen molar-refractivity contribution < 1.29 is 0 Å². The first kappa shape index (κ1) is 21.9. The van der Waals surface area contributed by atoms with Crippen LogP contribution in [0.25, 0.3) is 0 Å². The van der Waals surface area contributed by atoms with Crippen LogP contribution in [-0.2, 0) is 0 Å². The molecule has 0 saturated heterocycles. The molecule has 144 valence electrons. The van der Waals surface area contributed by atoms with Crippen molar-refractivity contribution >= 4 is 0 Å². The Bertz CT molecular complexity index is 284. The zero-order valence-electron chi connectivity index (χ0n) is 17.6. The maximum atomic E-state index is 2.85. The number of nitrogens with zero attached hydrogens (tertiary/aromatic N) is 3. The van der Waals surface area contributed by atoms with Crippen LogP contribution >= 0.6 is 0 Å². The summed E-state index contributed by atoms with van der Waals surface area (Å²) in [6.45, 7) is 21.6. The number of hydrogen-bond donors (Lipinski definition) is 0. The van der Waals surface area contributed by atoms with E-state index in [1.165, 1.54) is 84.2 Å². The second kappa shape index (κ2) is 11.5. The van der Waals surface area contributed by atoms with Gasteiger partial charge in [-0.3, -0.25) is 14.7 Å². The predicted molar refractivity (Wildman–Crippen MR) is 108 cm³/mol. The first-order valence-electron chi connectivity index (χ1n) is 10.9. The van der Waals surface area contributed by atoms with Gasteiger partial charge in [0.1, 0.15) is 0 Å². The smallest absolute Gasteiger partial charge is 0.0915 e. The summed E-state index contributed by atoms with van der Waals surface area (Å²) in [5, 5.41) is 0. The highest BCUT2D eigenvalue weighted by molar-refractivity contribution is 5.16. The summed E-state index contributed by atoms with van der Waals surface area (Å²) in [6.07, 6.45) is 8.97. The van der Waals surface area contributed by atoms with Gasteiger partial charge in [-0.2, -0.15) is 0 Å². The normalized spacial score (nSPS) is 19.6. The highest BCUT2D eigenvalue weighted by Gasteiger charge is 2.62. The van der Waals surface area contributed by atoms with Crippen molar-refractivity contribution in [1.29, 1.82) is 0 Å². The lowest BCUT2D eigenvalue weighted by molar-refractivity contribution is -0.00482. The van der Waals surface area contributed by atoms with Crippen LogP contribution in [0.2, 0.25) is 0 Å². The van der Waals surface area contributed by atoms with E-state index in [0.29, 0.717) is 5.66 Å². The van der Waals surface area contributed by atoms with Gasteiger partial charge in [0.25, 0.3) is 0 Å². The molecular weight excluding hydrogens is 294 g/mol. The average Bonchev–Trinajstić information content (AvgIpc) is 3.31. The Hall–Kier alpha value is -0.120. The van der Waals surface area contributed by atoms with Crippen LogP contribution < -0.4 is 0 Å². The van der Waals surface area contributed by atoms with Gasteiger partial charge in [0.2, 0.25) is 0 Å². The van der Waals surface area contributed by atoms with E-state index in [0.717, 1.165) is 6.04 Å². The van der Waals surface area contributed by atoms with E-state index in [1.54, 1.807) is 0 Å². The molecule has 24 heavy (non-hydrogen) atoms. The Kier molecular flexibility index (Phi) is 10.5. The first-order valence-corrected chi connectivity index (χ1v) is 10.9. The van der Waals surface area contributed by atoms with Crippen LogP contribution in [0.5, 0.6) is 0 Å². The standard InChI is InChI=1S/C21H45N3/c1-7-13-22(14-8-2)20-19-21(20,23(15-9-3)16-10-4)24(17-11-5)18-12-6/h20H,7-19H2,1-6H3. The second-order valence-corrected chi connectivity index (χ2v) is 7.61. The molecule has 1 aliphatic rings. The molecule has 1 aliphatic carbocycles. The minimum absolute atomic E-state index is 0.322. The van der Waals surface area contributed by atoms with Gasteiger partial charge >= 0.3 is 0 Å². The van der Waals surface area contributed by atoms with Gasteiger partial charge < -0.3 is 0 Å². The fraction of sp³-hybridized carbons (Fsp3) is 1.00. The SMILES string of the molecule is CCCN(CCC)C1CC1(N(CCC)CCC)N(CCC)CCC. The predicted octanol–water partition coefficient (Wildman–Crippen LogP) is 4.82. The van der Waals surface area contributed by atoms with Gasteiger partial charge in [0.05, 0.1) is 5.66 Å². The molecule has 1 saturated carbocycles. The van der Waals surface area contributed by atoms with Crippen molar-refractivity contribution in [3.8, 4) is 0 Å². The second-order valence-electron chi connectivity index (χ2n) is 7.61. The van der Waals surface area contributed by atoms with Gasteiger partial charge in [-0.25, -0.2) is 0 Å². The van der Waals surface area contributed by atoms with Crippen molar-refractivity contribution in [2.24, 2.45) is 0 Å². The van der Waals surface area contributed by atoms with Crippen LogP contribution in [0.15, 0.2) is 0 Å². The topological polar surface area (TPSA) is 9.72 Å². The van der Waals surface area contributed by atoms with Crippen molar-refractivity contribution in [1.82, 2.24) is 14.7 Å². The molecule has 0 N–H and O–H groups in total. The fourth-order valence-corrected chi connectivity index (χ4v) is 4.60. The molecule has 0 amide bonds. The molecule has 0 bridgehead atoms. The molecule has 0 heterocycles. The Labute approximate surface area is 152 Å². The minimum atomic E-state index is 0.322. The molecule has 0 radical (unpaired) electrons. The molecule has 0 aromatic carbocycles. The molecular formula is C21H45N3. The zero-order valence-corrected chi connectivity index (χ0v) is 17.6. The molecule has 1 atom stereocenters. The van der Waals surface area contributed by atoms with Gasteiger partial charge in [0, 0.05) is 6.04 Å². The summed E-state index contributed by atoms with van der Waals surface area (Å²) in [6, 6.07) is 0.744. The summed E-state index contributed by atoms with van der Waals surface area (Å²) >= 11 is 0. The van der Waals surface area contributed by atoms with Crippen LogP contribution in [0.4, 0.5) is 0 Å². The van der Waals surface area contributed by atoms with Crippen LogP contribution in [0.1, 0.15) is 86.5 Å². The Morgan fingerprint density at radius 1 is 0.583 bits per heavy atom. The number of hydrogen-bond acceptors (Lipinski definition) is 3. The molecule has 3 heteroatoms. The maximum Gasteiger partial charge on any atom is 0.0915 e. The zero-order chi connectivity index (χ0) is 18.0. The molecule has 0 aromatic rings. The highest BCUT2D eigenvalue weighted by Crippen LogP contribution is 2.49. The molecule has 0 aromatic heterocycles. The van der Waals surface area contributed by atoms with E-state index in [1.807, 2.05) is 0 Å². The Morgan fingerprint density at radius 3 is 1.21 bits per heavy atom. The van der Waals surface area contributed by atoms with Gasteiger partial charge in [-0.15, -0.1) is 0 Å². The van der Waals surface area contributed by atoms with Gasteiger partial charge in [-0.05, 0) is 84.2 Å². The third-order valence-corrected chi connectivity index (χ3v) is 5.40. The molecule has 1 unspecified atom stereocenters. The van der Waals surface area contributed by atoms with E-state index in [2.05, 4.69) is 56.2 Å². The first-order chi connectivity index (χ1) is 11.7. The van der Waals surface area contributed by atoms with Crippen LogP contribution in [0.3, 0.4) is 0 Å². The van der Waals surface area contributed by atoms with Crippen LogP contribution in [-0.4, -0.2) is 65.7 Å². The average molecular weight is 340 g/mol. The van der Waals surface area contributed by atoms with E-state index in [-0.39, 0.29) is 0 Å². The monoisotopic (exact) mass is 339 g/mol. The summed E-state index contributed by atoms with van der Waals surface area (Å²) in [7, 11) is 0. The summed E-state index contributed by atoms with van der Waals surface area (Å²) < 4.78 is 0. The van der Waals surface area contributed by atoms with Gasteiger partial charge in [0.15, 0.2) is 0 Å². The fourth-order valence-electron chi connectivity index (χ4n) is 4.60. The Balaban J connectivity index is 3.07. The minimum Gasteiger partial charge on any atom is -0.297 e. The third kappa shape index (κ3) is 5.19. The molecule has 1 fully saturated rings. The number of rotatable bonds is 15. The maximum absolute atomic E-state index is 2.85. The highest BCUT2D eigenvalue weighted by atomic mass is 15.5. The quantitative estimate of drug-likeness (QED) is 0.396. The lowest BCUT2D eigenvalue weighted by Crippen LogP contribution is -2.56. The van der Waals surface area contributed by atoms with E-state index < -0.39 is 0 Å². The summed E-state index contributed by atoms with van der Waals surface area (Å²) in [5.41, 5.74) is 0.322. The van der Waals surface area contributed by atoms with Crippen molar-refractivity contribution in [2.45, 2.75) is 98.2 Å². The third-order valence-electron chi connectivity index (χ3n) is 5.40. The van der Waals surface area contributed by atoms with E-state index >= 15 is 0 Å². The van der Waals surface area contributed by atoms with E-state index in [4.69, 9.17) is 0 Å². The molecule has 0 spiro atoms.